The molecule has 228 valence electrons. The maximum Gasteiger partial charge on any atom is 0.326 e. The summed E-state index contributed by atoms with van der Waals surface area (Å²) >= 11 is 0. The molecule has 3 rings (SSSR count). The molecule has 1 aliphatic rings. The Kier molecular flexibility index (Phi) is 17.1. The van der Waals surface area contributed by atoms with Crippen molar-refractivity contribution >= 4 is 11.9 Å². The molecule has 1 fully saturated rings. The number of nitrogens with one attached hydrogen (secondary N) is 1. The Labute approximate surface area is 252 Å². The fraction of sp³-hybridized carbons (Fsp3) is 0.389. The Bertz CT molecular complexity index is 1220. The van der Waals surface area contributed by atoms with Gasteiger partial charge in [-0.3, -0.25) is 4.79 Å². The number of carboxylic acids is 1. The molecule has 0 spiro atoms. The van der Waals surface area contributed by atoms with E-state index in [1.807, 2.05) is 82.3 Å². The minimum atomic E-state index is -1.05. The lowest BCUT2D eigenvalue weighted by molar-refractivity contribution is -0.141. The summed E-state index contributed by atoms with van der Waals surface area (Å²) in [6.45, 7) is 18.4. The number of amides is 1. The Morgan fingerprint density at radius 2 is 1.71 bits per heavy atom. The van der Waals surface area contributed by atoms with Gasteiger partial charge >= 0.3 is 5.97 Å². The van der Waals surface area contributed by atoms with Gasteiger partial charge < -0.3 is 19.9 Å². The molecule has 1 atom stereocenters. The van der Waals surface area contributed by atoms with E-state index < -0.39 is 17.9 Å². The zero-order valence-electron chi connectivity index (χ0n) is 26.4. The maximum atomic E-state index is 12.3. The summed E-state index contributed by atoms with van der Waals surface area (Å²) in [4.78, 5) is 23.4. The third kappa shape index (κ3) is 14.5. The van der Waals surface area contributed by atoms with E-state index in [0.717, 1.165) is 23.5 Å². The van der Waals surface area contributed by atoms with Crippen LogP contribution in [0.2, 0.25) is 0 Å². The average Bonchev–Trinajstić information content (AvgIpc) is 3.83. The second-order valence-electron chi connectivity index (χ2n) is 9.99. The molecule has 0 radical (unpaired) electrons. The molecule has 0 heterocycles. The van der Waals surface area contributed by atoms with Crippen molar-refractivity contribution < 1.29 is 24.2 Å². The van der Waals surface area contributed by atoms with Crippen LogP contribution in [0.25, 0.3) is 0 Å². The highest BCUT2D eigenvalue weighted by Gasteiger charge is 2.22. The Hall–Kier alpha value is -4.06. The number of aliphatic carboxylic acids is 1. The summed E-state index contributed by atoms with van der Waals surface area (Å²) in [7, 11) is 0. The lowest BCUT2D eigenvalue weighted by atomic mass is 10.1. The quantitative estimate of drug-likeness (QED) is 0.142. The van der Waals surface area contributed by atoms with E-state index in [-0.39, 0.29) is 0 Å². The van der Waals surface area contributed by atoms with Gasteiger partial charge in [-0.05, 0) is 99.9 Å². The molecule has 0 aliphatic heterocycles. The van der Waals surface area contributed by atoms with E-state index in [2.05, 4.69) is 31.0 Å². The van der Waals surface area contributed by atoms with Crippen LogP contribution in [-0.4, -0.2) is 29.6 Å². The van der Waals surface area contributed by atoms with Gasteiger partial charge in [0, 0.05) is 5.57 Å². The van der Waals surface area contributed by atoms with Gasteiger partial charge in [0.15, 0.2) is 0 Å². The van der Waals surface area contributed by atoms with Crippen LogP contribution in [0.5, 0.6) is 5.75 Å². The number of carbonyl (C=O) groups is 2. The number of benzene rings is 2. The summed E-state index contributed by atoms with van der Waals surface area (Å²) in [5.41, 5.74) is 4.20. The van der Waals surface area contributed by atoms with Crippen LogP contribution in [0.4, 0.5) is 0 Å². The summed E-state index contributed by atoms with van der Waals surface area (Å²) < 4.78 is 11.8. The van der Waals surface area contributed by atoms with Crippen LogP contribution in [0, 0.1) is 12.8 Å². The third-order valence-electron chi connectivity index (χ3n) is 6.34. The van der Waals surface area contributed by atoms with Crippen molar-refractivity contribution in [3.05, 3.63) is 113 Å². The van der Waals surface area contributed by atoms with Gasteiger partial charge in [-0.1, -0.05) is 75.4 Å². The van der Waals surface area contributed by atoms with Crippen molar-refractivity contribution in [1.82, 2.24) is 5.32 Å². The minimum Gasteiger partial charge on any atom is -0.493 e. The summed E-state index contributed by atoms with van der Waals surface area (Å²) in [6, 6.07) is 17.3. The number of hydrogen-bond acceptors (Lipinski definition) is 4. The van der Waals surface area contributed by atoms with Gasteiger partial charge in [0.2, 0.25) is 5.91 Å². The molecule has 0 saturated heterocycles. The number of carboxylic acid groups (broad SMARTS) is 1. The molecule has 2 N–H and O–H groups in total. The fourth-order valence-corrected chi connectivity index (χ4v) is 3.49. The zero-order chi connectivity index (χ0) is 31.5. The molecule has 0 aromatic heterocycles. The summed E-state index contributed by atoms with van der Waals surface area (Å²) in [5.74, 6) is 0.769. The van der Waals surface area contributed by atoms with Crippen molar-refractivity contribution in [2.45, 2.75) is 80.4 Å². The highest BCUT2D eigenvalue weighted by atomic mass is 16.5. The molecule has 6 nitrogen and oxygen atoms in total. The van der Waals surface area contributed by atoms with Gasteiger partial charge in [-0.25, -0.2) is 4.79 Å². The first-order valence-corrected chi connectivity index (χ1v) is 14.7. The van der Waals surface area contributed by atoms with Crippen LogP contribution in [0.15, 0.2) is 102 Å². The van der Waals surface area contributed by atoms with E-state index in [4.69, 9.17) is 14.6 Å². The number of rotatable bonds is 13. The van der Waals surface area contributed by atoms with E-state index in [1.54, 1.807) is 19.9 Å². The third-order valence-corrected chi connectivity index (χ3v) is 6.34. The predicted molar refractivity (Wildman–Crippen MR) is 172 cm³/mol. The predicted octanol–water partition coefficient (Wildman–Crippen LogP) is 8.35. The topological polar surface area (TPSA) is 84.9 Å². The molecule has 1 saturated carbocycles. The van der Waals surface area contributed by atoms with Crippen LogP contribution in [-0.2, 0) is 20.9 Å². The highest BCUT2D eigenvalue weighted by Crippen LogP contribution is 2.29. The van der Waals surface area contributed by atoms with E-state index in [1.165, 1.54) is 18.4 Å². The second-order valence-corrected chi connectivity index (χ2v) is 9.99. The van der Waals surface area contributed by atoms with Crippen molar-refractivity contribution in [2.75, 3.05) is 6.61 Å². The highest BCUT2D eigenvalue weighted by molar-refractivity contribution is 5.95. The molecular weight excluding hydrogens is 526 g/mol. The van der Waals surface area contributed by atoms with Crippen LogP contribution in [0.1, 0.15) is 71.9 Å². The number of allylic oxidation sites excluding steroid dienone is 5. The monoisotopic (exact) mass is 575 g/mol. The van der Waals surface area contributed by atoms with Gasteiger partial charge in [-0.15, -0.1) is 0 Å². The largest absolute Gasteiger partial charge is 0.493 e. The normalized spacial score (nSPS) is 13.8. The Morgan fingerprint density at radius 1 is 1.05 bits per heavy atom. The first-order chi connectivity index (χ1) is 20.1. The Morgan fingerprint density at radius 3 is 2.24 bits per heavy atom. The SMILES string of the molecule is C=C(/C=C(\C)C(=O)NC(CC)C(=O)O)/C(C)=C\C(=C/C)OCc1cccc(OCC2CC2)c1.CC.Cc1ccccc1. The number of ether oxygens (including phenoxy) is 2. The standard InChI is InChI=1S/C27H35NO5.C7H8.C2H6/c1-6-23(32-17-22-9-8-10-24(15-22)33-16-21-11-12-21)14-19(4)18(3)13-20(5)26(29)28-25(7-2)27(30)31;1-7-5-3-2-4-6-7;1-2/h6,8-10,13-15,21,25H,3,7,11-12,16-17H2,1-2,4-5H3,(H,28,29)(H,30,31);2-6H,1H3;1-2H3/b19-14-,20-13+,23-6+;;. The summed E-state index contributed by atoms with van der Waals surface area (Å²) in [6.07, 6.45) is 8.20. The van der Waals surface area contributed by atoms with Gasteiger partial charge in [-0.2, -0.15) is 0 Å². The van der Waals surface area contributed by atoms with Gasteiger partial charge in [0.1, 0.15) is 24.2 Å². The molecule has 1 aliphatic carbocycles. The van der Waals surface area contributed by atoms with Crippen LogP contribution < -0.4 is 10.1 Å². The van der Waals surface area contributed by atoms with Crippen LogP contribution in [0.3, 0.4) is 0 Å². The molecule has 1 amide bonds. The average molecular weight is 576 g/mol. The van der Waals surface area contributed by atoms with Crippen molar-refractivity contribution in [3.8, 4) is 5.75 Å². The van der Waals surface area contributed by atoms with E-state index >= 15 is 0 Å². The maximum absolute atomic E-state index is 12.3. The number of carbonyl (C=O) groups excluding carboxylic acids is 1. The van der Waals surface area contributed by atoms with E-state index in [0.29, 0.717) is 35.9 Å². The summed E-state index contributed by atoms with van der Waals surface area (Å²) in [5, 5.41) is 11.6. The molecule has 1 unspecified atom stereocenters. The first kappa shape index (κ1) is 36.0. The second kappa shape index (κ2) is 19.9. The van der Waals surface area contributed by atoms with Gasteiger partial charge in [0.05, 0.1) is 6.61 Å². The molecular formula is C36H49NO5. The lowest BCUT2D eigenvalue weighted by Crippen LogP contribution is -2.40. The number of hydrogen-bond donors (Lipinski definition) is 2. The fourth-order valence-electron chi connectivity index (χ4n) is 3.49. The molecule has 2 aromatic carbocycles. The number of aryl methyl sites for hydroxylation is 1. The lowest BCUT2D eigenvalue weighted by Gasteiger charge is -2.13. The smallest absolute Gasteiger partial charge is 0.326 e. The Balaban J connectivity index is 0.000000841. The van der Waals surface area contributed by atoms with Crippen LogP contribution >= 0.6 is 0 Å². The molecule has 0 bridgehead atoms. The molecule has 42 heavy (non-hydrogen) atoms. The molecule has 6 heteroatoms. The minimum absolute atomic E-state index is 0.311. The van der Waals surface area contributed by atoms with Crippen molar-refractivity contribution in [3.63, 3.8) is 0 Å². The van der Waals surface area contributed by atoms with Crippen molar-refractivity contribution in [2.24, 2.45) is 5.92 Å². The first-order valence-electron chi connectivity index (χ1n) is 14.7. The molecule has 2 aromatic rings. The zero-order valence-corrected chi connectivity index (χ0v) is 26.4. The van der Waals surface area contributed by atoms with Crippen molar-refractivity contribution in [1.29, 1.82) is 0 Å². The van der Waals surface area contributed by atoms with E-state index in [9.17, 15) is 9.59 Å². The van der Waals surface area contributed by atoms with Gasteiger partial charge in [0.25, 0.3) is 0 Å².